The van der Waals surface area contributed by atoms with Gasteiger partial charge in [-0.25, -0.2) is 0 Å². The Balaban J connectivity index is 1.06. The lowest BCUT2D eigenvalue weighted by atomic mass is 9.87. The summed E-state index contributed by atoms with van der Waals surface area (Å²) in [4.78, 5) is 31.9. The highest BCUT2D eigenvalue weighted by atomic mass is 16.5. The third-order valence-electron chi connectivity index (χ3n) is 8.64. The average Bonchev–Trinajstić information content (AvgIpc) is 3.68. The first kappa shape index (κ1) is 30.6. The SMILES string of the molecule is CC(C)(C)c1ccc(Cn2cc(C(=O)NC3=CCC(=O)C(c4cc5cc(OCCCN6CCCCC6)ccc5[nH]4)=C3)cn2)cc1. The quantitative estimate of drug-likeness (QED) is 0.198. The lowest BCUT2D eigenvalue weighted by Gasteiger charge is -2.26. The van der Waals surface area contributed by atoms with Crippen LogP contribution in [0.15, 0.2) is 78.8 Å². The van der Waals surface area contributed by atoms with Crippen LogP contribution in [0.25, 0.3) is 16.5 Å². The number of Topliss-reactive ketones (excluding diaryl/α,β-unsaturated/α-hetero) is 1. The Hall–Kier alpha value is -4.43. The summed E-state index contributed by atoms with van der Waals surface area (Å²) in [5.74, 6) is 0.559. The van der Waals surface area contributed by atoms with Gasteiger partial charge in [0.25, 0.3) is 5.91 Å². The second-order valence-electron chi connectivity index (χ2n) is 13.2. The lowest BCUT2D eigenvalue weighted by molar-refractivity contribution is -0.113. The Kier molecular flexibility index (Phi) is 9.03. The van der Waals surface area contributed by atoms with Crippen LogP contribution >= 0.6 is 0 Å². The molecule has 2 aliphatic rings. The molecule has 0 atom stereocenters. The second-order valence-corrected chi connectivity index (χ2v) is 13.2. The minimum atomic E-state index is -0.265. The summed E-state index contributed by atoms with van der Waals surface area (Å²) >= 11 is 0. The first-order valence-electron chi connectivity index (χ1n) is 16.1. The third kappa shape index (κ3) is 7.63. The van der Waals surface area contributed by atoms with Gasteiger partial charge in [-0.2, -0.15) is 5.10 Å². The van der Waals surface area contributed by atoms with E-state index in [1.165, 1.54) is 37.9 Å². The van der Waals surface area contributed by atoms with Crippen molar-refractivity contribution in [1.82, 2.24) is 25.0 Å². The normalized spacial score (nSPS) is 16.0. The molecule has 1 aliphatic heterocycles. The summed E-state index contributed by atoms with van der Waals surface area (Å²) in [7, 11) is 0. The Labute approximate surface area is 265 Å². The van der Waals surface area contributed by atoms with Crippen LogP contribution < -0.4 is 10.1 Å². The fourth-order valence-corrected chi connectivity index (χ4v) is 6.00. The summed E-state index contributed by atoms with van der Waals surface area (Å²) in [6.07, 6.45) is 12.0. The molecule has 234 valence electrons. The summed E-state index contributed by atoms with van der Waals surface area (Å²) in [6, 6.07) is 16.4. The van der Waals surface area contributed by atoms with Crippen LogP contribution in [-0.4, -0.2) is 57.6 Å². The van der Waals surface area contributed by atoms with Crippen LogP contribution in [0.5, 0.6) is 5.75 Å². The summed E-state index contributed by atoms with van der Waals surface area (Å²) in [6.45, 7) is 11.3. The third-order valence-corrected chi connectivity index (χ3v) is 8.64. The molecular weight excluding hydrogens is 562 g/mol. The molecule has 0 saturated carbocycles. The number of ketones is 1. The number of ether oxygens (including phenoxy) is 1. The molecule has 3 heterocycles. The molecule has 1 saturated heterocycles. The van der Waals surface area contributed by atoms with Gasteiger partial charge in [-0.15, -0.1) is 0 Å². The highest BCUT2D eigenvalue weighted by Crippen LogP contribution is 2.28. The van der Waals surface area contributed by atoms with E-state index in [1.54, 1.807) is 29.2 Å². The van der Waals surface area contributed by atoms with Crippen molar-refractivity contribution >= 4 is 28.2 Å². The number of likely N-dealkylation sites (tertiary alicyclic amines) is 1. The molecule has 0 spiro atoms. The molecule has 2 aromatic carbocycles. The molecule has 4 aromatic rings. The van der Waals surface area contributed by atoms with E-state index < -0.39 is 0 Å². The van der Waals surface area contributed by atoms with Crippen molar-refractivity contribution < 1.29 is 14.3 Å². The van der Waals surface area contributed by atoms with Gasteiger partial charge in [0.1, 0.15) is 5.75 Å². The maximum atomic E-state index is 13.1. The van der Waals surface area contributed by atoms with Crippen molar-refractivity contribution in [3.8, 4) is 5.75 Å². The van der Waals surface area contributed by atoms with Gasteiger partial charge in [0.05, 0.1) is 30.6 Å². The Morgan fingerprint density at radius 1 is 1.04 bits per heavy atom. The monoisotopic (exact) mass is 605 g/mol. The van der Waals surface area contributed by atoms with Crippen LogP contribution in [0.3, 0.4) is 0 Å². The molecule has 8 heteroatoms. The predicted octanol–water partition coefficient (Wildman–Crippen LogP) is 6.64. The van der Waals surface area contributed by atoms with Gasteiger partial charge in [-0.05, 0) is 79.2 Å². The molecule has 45 heavy (non-hydrogen) atoms. The Bertz CT molecular complexity index is 1730. The Morgan fingerprint density at radius 3 is 2.62 bits per heavy atom. The van der Waals surface area contributed by atoms with E-state index in [2.05, 4.69) is 65.3 Å². The van der Waals surface area contributed by atoms with E-state index in [0.717, 1.165) is 40.9 Å². The zero-order valence-electron chi connectivity index (χ0n) is 26.6. The number of hydrogen-bond acceptors (Lipinski definition) is 5. The fourth-order valence-electron chi connectivity index (χ4n) is 6.00. The second kappa shape index (κ2) is 13.3. The molecule has 1 aliphatic carbocycles. The van der Waals surface area contributed by atoms with Crippen LogP contribution in [0, 0.1) is 0 Å². The first-order chi connectivity index (χ1) is 21.7. The van der Waals surface area contributed by atoms with E-state index in [1.807, 2.05) is 24.3 Å². The minimum Gasteiger partial charge on any atom is -0.494 e. The maximum absolute atomic E-state index is 13.1. The number of allylic oxidation sites excluding steroid dienone is 3. The zero-order valence-corrected chi connectivity index (χ0v) is 26.6. The van der Waals surface area contributed by atoms with E-state index in [-0.39, 0.29) is 23.5 Å². The molecule has 0 radical (unpaired) electrons. The molecule has 0 unspecified atom stereocenters. The topological polar surface area (TPSA) is 92.2 Å². The van der Waals surface area contributed by atoms with Gasteiger partial charge in [0.2, 0.25) is 0 Å². The fraction of sp³-hybridized carbons (Fsp3) is 0.378. The molecular formula is C37H43N5O3. The number of hydrogen-bond donors (Lipinski definition) is 2. The number of rotatable bonds is 10. The number of carbonyl (C=O) groups excluding carboxylic acids is 2. The van der Waals surface area contributed by atoms with Crippen molar-refractivity contribution in [2.24, 2.45) is 0 Å². The molecule has 2 aromatic heterocycles. The van der Waals surface area contributed by atoms with Crippen molar-refractivity contribution in [3.05, 3.63) is 101 Å². The van der Waals surface area contributed by atoms with Gasteiger partial charge in [0, 0.05) is 41.3 Å². The van der Waals surface area contributed by atoms with Crippen molar-refractivity contribution in [2.45, 2.75) is 64.8 Å². The number of carbonyl (C=O) groups is 2. The molecule has 2 N–H and O–H groups in total. The smallest absolute Gasteiger partial charge is 0.258 e. The minimum absolute atomic E-state index is 0.000889. The van der Waals surface area contributed by atoms with E-state index in [9.17, 15) is 9.59 Å². The van der Waals surface area contributed by atoms with Crippen molar-refractivity contribution in [2.75, 3.05) is 26.2 Å². The number of fused-ring (bicyclic) bond motifs is 1. The van der Waals surface area contributed by atoms with Crippen LogP contribution in [0.1, 0.15) is 80.1 Å². The highest BCUT2D eigenvalue weighted by molar-refractivity contribution is 6.23. The largest absolute Gasteiger partial charge is 0.494 e. The number of aromatic nitrogens is 3. The number of amides is 1. The van der Waals surface area contributed by atoms with E-state index >= 15 is 0 Å². The number of nitrogens with one attached hydrogen (secondary N) is 2. The Morgan fingerprint density at radius 2 is 1.84 bits per heavy atom. The van der Waals surface area contributed by atoms with Crippen LogP contribution in [-0.2, 0) is 16.8 Å². The van der Waals surface area contributed by atoms with Crippen LogP contribution in [0.4, 0.5) is 0 Å². The molecule has 1 amide bonds. The van der Waals surface area contributed by atoms with Gasteiger partial charge >= 0.3 is 0 Å². The van der Waals surface area contributed by atoms with E-state index in [4.69, 9.17) is 4.74 Å². The summed E-state index contributed by atoms with van der Waals surface area (Å²) < 4.78 is 7.81. The predicted molar refractivity (Wildman–Crippen MR) is 178 cm³/mol. The zero-order chi connectivity index (χ0) is 31.4. The molecule has 0 bridgehead atoms. The number of benzene rings is 2. The van der Waals surface area contributed by atoms with Crippen molar-refractivity contribution in [1.29, 1.82) is 0 Å². The average molecular weight is 606 g/mol. The van der Waals surface area contributed by atoms with Gasteiger partial charge in [-0.1, -0.05) is 57.5 Å². The van der Waals surface area contributed by atoms with Crippen molar-refractivity contribution in [3.63, 3.8) is 0 Å². The standard InChI is InChI=1S/C37H43N5O3/c1-37(2,3)29-10-8-26(9-11-29)24-42-25-28(23-38-42)36(44)39-30-12-15-35(43)32(22-30)34-21-27-20-31(13-14-33(27)40-34)45-19-7-18-41-16-5-4-6-17-41/h8-14,20-23,25,40H,4-7,15-19,24H2,1-3H3,(H,39,44). The van der Waals surface area contributed by atoms with Crippen LogP contribution in [0.2, 0.25) is 0 Å². The first-order valence-corrected chi connectivity index (χ1v) is 16.1. The molecule has 1 fully saturated rings. The molecule has 8 nitrogen and oxygen atoms in total. The van der Waals surface area contributed by atoms with Gasteiger partial charge in [-0.3, -0.25) is 14.3 Å². The highest BCUT2D eigenvalue weighted by Gasteiger charge is 2.20. The molecule has 6 rings (SSSR count). The number of piperidine rings is 1. The lowest BCUT2D eigenvalue weighted by Crippen LogP contribution is -2.31. The summed E-state index contributed by atoms with van der Waals surface area (Å²) in [5.41, 5.74) is 5.74. The number of nitrogens with zero attached hydrogens (tertiary/aromatic N) is 3. The van der Waals surface area contributed by atoms with E-state index in [0.29, 0.717) is 30.0 Å². The van der Waals surface area contributed by atoms with Gasteiger partial charge in [0.15, 0.2) is 5.78 Å². The van der Waals surface area contributed by atoms with Gasteiger partial charge < -0.3 is 19.9 Å². The number of H-pyrrole nitrogens is 1. The maximum Gasteiger partial charge on any atom is 0.258 e. The number of aromatic amines is 1. The summed E-state index contributed by atoms with van der Waals surface area (Å²) in [5, 5.41) is 8.33.